The van der Waals surface area contributed by atoms with Gasteiger partial charge in [-0.05, 0) is 25.7 Å². The van der Waals surface area contributed by atoms with Crippen molar-refractivity contribution in [2.45, 2.75) is 53.4 Å². The molecule has 0 N–H and O–H groups in total. The van der Waals surface area contributed by atoms with Crippen molar-refractivity contribution >= 4 is 0 Å². The lowest BCUT2D eigenvalue weighted by atomic mass is 10.2. The van der Waals surface area contributed by atoms with E-state index in [0.29, 0.717) is 0 Å². The van der Waals surface area contributed by atoms with Gasteiger partial charge in [0.15, 0.2) is 0 Å². The van der Waals surface area contributed by atoms with E-state index in [0.717, 1.165) is 0 Å². The van der Waals surface area contributed by atoms with E-state index in [-0.39, 0.29) is 0 Å². The quantitative estimate of drug-likeness (QED) is 0.577. The lowest BCUT2D eigenvalue weighted by Crippen LogP contribution is -2.50. The van der Waals surface area contributed by atoms with Crippen molar-refractivity contribution in [1.82, 2.24) is 0 Å². The van der Waals surface area contributed by atoms with Crippen LogP contribution in [-0.4, -0.2) is 30.7 Å². The first-order chi connectivity index (χ1) is 7.97. The molecule has 0 bridgehead atoms. The Hall–Kier alpha value is 0.130. The molecule has 0 radical (unpaired) electrons. The highest BCUT2D eigenvalue weighted by Crippen LogP contribution is 2.12. The minimum atomic E-state index is -2.85. The molecule has 0 amide bonds. The molecule has 0 aromatic rings. The Kier molecular flexibility index (Phi) is 14.4. The van der Waals surface area contributed by atoms with Crippen LogP contribution in [0.15, 0.2) is 0 Å². The number of hydrogen-bond acceptors (Lipinski definition) is 3. The Morgan fingerprint density at radius 3 is 0.941 bits per heavy atom. The number of rotatable bonds is 8. The largest absolute Gasteiger partial charge is 0.357 e. The Bertz CT molecular complexity index is 124. The highest BCUT2D eigenvalue weighted by molar-refractivity contribution is 4.43. The Balaban J connectivity index is 0. The summed E-state index contributed by atoms with van der Waals surface area (Å²) in [5.74, 6) is 0. The van der Waals surface area contributed by atoms with Crippen LogP contribution in [-0.2, 0) is 0 Å². The molecular formula is C12H28ClNO3. The monoisotopic (exact) mass is 269 g/mol. The van der Waals surface area contributed by atoms with Crippen molar-refractivity contribution in [2.24, 2.45) is 0 Å². The first kappa shape index (κ1) is 19.5. The van der Waals surface area contributed by atoms with E-state index in [1.54, 1.807) is 0 Å². The van der Waals surface area contributed by atoms with Gasteiger partial charge < -0.3 is 18.5 Å². The minimum Gasteiger partial charge on any atom is -0.357 e. The summed E-state index contributed by atoms with van der Waals surface area (Å²) in [6, 6.07) is 0. The zero-order valence-corrected chi connectivity index (χ0v) is 12.5. The van der Waals surface area contributed by atoms with Crippen molar-refractivity contribution < 1.29 is 29.2 Å². The van der Waals surface area contributed by atoms with Crippen LogP contribution in [0.1, 0.15) is 53.4 Å². The normalized spacial score (nSPS) is 11.3. The molecule has 0 saturated heterocycles. The van der Waals surface area contributed by atoms with Crippen LogP contribution in [0.25, 0.3) is 0 Å². The molecule has 0 unspecified atom stereocenters. The minimum absolute atomic E-state index is 1.33. The summed E-state index contributed by atoms with van der Waals surface area (Å²) in [4.78, 5) is 0. The van der Waals surface area contributed by atoms with E-state index in [2.05, 4.69) is 27.7 Å². The van der Waals surface area contributed by atoms with Crippen LogP contribution in [0.5, 0.6) is 0 Å². The third-order valence-electron chi connectivity index (χ3n) is 2.79. The molecule has 0 aromatic carbocycles. The fraction of sp³-hybridized carbons (Fsp3) is 1.00. The molecule has 0 saturated carbocycles. The number of halogens is 1. The molecule has 0 atom stereocenters. The zero-order valence-electron chi connectivity index (χ0n) is 11.7. The number of hydrogen-bond donors (Lipinski definition) is 0. The molecule has 4 nitrogen and oxygen atoms in total. The van der Waals surface area contributed by atoms with E-state index in [1.807, 2.05) is 0 Å². The number of quaternary nitrogens is 1. The Morgan fingerprint density at radius 1 is 0.647 bits per heavy atom. The van der Waals surface area contributed by atoms with Crippen LogP contribution >= 0.6 is 0 Å². The van der Waals surface area contributed by atoms with Crippen molar-refractivity contribution in [3.8, 4) is 0 Å². The van der Waals surface area contributed by atoms with Gasteiger partial charge in [0.1, 0.15) is 0 Å². The molecule has 0 spiro atoms. The molecule has 0 fully saturated rings. The smallest absolute Gasteiger partial charge is 0.0783 e. The van der Waals surface area contributed by atoms with Gasteiger partial charge in [0, 0.05) is 0 Å². The van der Waals surface area contributed by atoms with Gasteiger partial charge in [0.05, 0.1) is 37.0 Å². The maximum Gasteiger partial charge on any atom is 0.0783 e. The molecule has 0 aliphatic heterocycles. The van der Waals surface area contributed by atoms with Gasteiger partial charge >= 0.3 is 0 Å². The van der Waals surface area contributed by atoms with E-state index in [4.69, 9.17) is 14.0 Å². The van der Waals surface area contributed by atoms with Crippen molar-refractivity contribution in [3.05, 3.63) is 0 Å². The number of nitrogens with zero attached hydrogens (tertiary/aromatic N) is 1. The summed E-state index contributed by atoms with van der Waals surface area (Å²) < 4.78 is 26.6. The second kappa shape index (κ2) is 12.6. The van der Waals surface area contributed by atoms with E-state index < -0.39 is 10.8 Å². The zero-order chi connectivity index (χ0) is 13.7. The SMILES string of the molecule is CCC[N+](CCC)(CCC)CCC.[O-][Cl+2]([O-])[O-]. The maximum absolute atomic E-state index is 8.41. The van der Waals surface area contributed by atoms with Crippen molar-refractivity contribution in [1.29, 1.82) is 0 Å². The summed E-state index contributed by atoms with van der Waals surface area (Å²) in [6.07, 6.45) is 5.33. The van der Waals surface area contributed by atoms with Crippen LogP contribution in [0.3, 0.4) is 0 Å². The molecule has 0 aromatic heterocycles. The first-order valence-corrected chi connectivity index (χ1v) is 7.48. The van der Waals surface area contributed by atoms with Crippen LogP contribution in [0.2, 0.25) is 0 Å². The third kappa shape index (κ3) is 12.4. The summed E-state index contributed by atoms with van der Waals surface area (Å²) in [5.41, 5.74) is 0. The summed E-state index contributed by atoms with van der Waals surface area (Å²) in [6.45, 7) is 14.8. The highest BCUT2D eigenvalue weighted by atomic mass is 35.6. The van der Waals surface area contributed by atoms with Gasteiger partial charge in [-0.2, -0.15) is 0 Å². The summed E-state index contributed by atoms with van der Waals surface area (Å²) in [7, 11) is -2.85. The van der Waals surface area contributed by atoms with Gasteiger partial charge in [-0.15, -0.1) is 0 Å². The predicted molar refractivity (Wildman–Crippen MR) is 60.9 cm³/mol. The van der Waals surface area contributed by atoms with Crippen LogP contribution in [0.4, 0.5) is 0 Å². The van der Waals surface area contributed by atoms with Gasteiger partial charge in [-0.25, -0.2) is 0 Å². The first-order valence-electron chi connectivity index (χ1n) is 6.56. The topological polar surface area (TPSA) is 69.2 Å². The van der Waals surface area contributed by atoms with Crippen LogP contribution < -0.4 is 14.0 Å². The molecule has 0 aliphatic carbocycles. The van der Waals surface area contributed by atoms with E-state index in [9.17, 15) is 0 Å². The highest BCUT2D eigenvalue weighted by Gasteiger charge is 2.22. The fourth-order valence-electron chi connectivity index (χ4n) is 2.57. The maximum atomic E-state index is 8.41. The summed E-state index contributed by atoms with van der Waals surface area (Å²) >= 11 is 0. The van der Waals surface area contributed by atoms with Gasteiger partial charge in [-0.1, -0.05) is 27.7 Å². The van der Waals surface area contributed by atoms with E-state index in [1.165, 1.54) is 56.3 Å². The second-order valence-electron chi connectivity index (χ2n) is 4.43. The van der Waals surface area contributed by atoms with Crippen molar-refractivity contribution in [2.75, 3.05) is 26.2 Å². The third-order valence-corrected chi connectivity index (χ3v) is 2.79. The molecule has 106 valence electrons. The Labute approximate surface area is 109 Å². The average Bonchev–Trinajstić information content (AvgIpc) is 2.18. The van der Waals surface area contributed by atoms with Crippen molar-refractivity contribution in [3.63, 3.8) is 0 Å². The van der Waals surface area contributed by atoms with Gasteiger partial charge in [0.2, 0.25) is 0 Å². The molecule has 0 aliphatic rings. The molecule has 0 rings (SSSR count). The molecular weight excluding hydrogens is 242 g/mol. The average molecular weight is 270 g/mol. The lowest BCUT2D eigenvalue weighted by Gasteiger charge is -2.38. The molecule has 5 heteroatoms. The van der Waals surface area contributed by atoms with Gasteiger partial charge in [0.25, 0.3) is 0 Å². The van der Waals surface area contributed by atoms with Crippen LogP contribution in [0, 0.1) is 10.8 Å². The Morgan fingerprint density at radius 2 is 0.824 bits per heavy atom. The lowest BCUT2D eigenvalue weighted by molar-refractivity contribution is -1.73. The predicted octanol–water partition coefficient (Wildman–Crippen LogP) is -0.124. The van der Waals surface area contributed by atoms with E-state index >= 15 is 0 Å². The van der Waals surface area contributed by atoms with Gasteiger partial charge in [-0.3, -0.25) is 0 Å². The molecule has 0 heterocycles. The standard InChI is InChI=1S/C12H28N.ClO3/c1-5-9-13(10-6-2,11-7-3)12-8-4;2-1(3)4/h5-12H2,1-4H3;/q+1;-1. The summed E-state index contributed by atoms with van der Waals surface area (Å²) in [5, 5.41) is 0. The second-order valence-corrected chi connectivity index (χ2v) is 4.80. The fourth-order valence-corrected chi connectivity index (χ4v) is 2.57. The molecule has 17 heavy (non-hydrogen) atoms.